The summed E-state index contributed by atoms with van der Waals surface area (Å²) in [6.07, 6.45) is 3.96. The molecule has 4 nitrogen and oxygen atoms in total. The minimum atomic E-state index is -0.745. The van der Waals surface area contributed by atoms with Crippen LogP contribution in [0.2, 0.25) is 0 Å². The molecule has 0 aromatic carbocycles. The van der Waals surface area contributed by atoms with Crippen molar-refractivity contribution in [1.29, 1.82) is 0 Å². The Hall–Kier alpha value is -0.610. The molecule has 1 unspecified atom stereocenters. The zero-order valence-electron chi connectivity index (χ0n) is 11.3. The van der Waals surface area contributed by atoms with Gasteiger partial charge in [0.2, 0.25) is 0 Å². The van der Waals surface area contributed by atoms with Crippen LogP contribution in [0, 0.1) is 5.92 Å². The van der Waals surface area contributed by atoms with Gasteiger partial charge in [-0.05, 0) is 25.3 Å². The zero-order chi connectivity index (χ0) is 12.8. The van der Waals surface area contributed by atoms with Gasteiger partial charge in [-0.25, -0.2) is 0 Å². The van der Waals surface area contributed by atoms with E-state index in [4.69, 9.17) is 0 Å². The Morgan fingerprint density at radius 2 is 2.12 bits per heavy atom. The largest absolute Gasteiger partial charge is 0.480 e. The average Bonchev–Trinajstić information content (AvgIpc) is 2.18. The molecule has 1 fully saturated rings. The van der Waals surface area contributed by atoms with Crippen molar-refractivity contribution < 1.29 is 9.90 Å². The summed E-state index contributed by atoms with van der Waals surface area (Å²) in [5, 5.41) is 12.3. The van der Waals surface area contributed by atoms with Gasteiger partial charge >= 0.3 is 5.97 Å². The number of aliphatic carboxylic acids is 1. The van der Waals surface area contributed by atoms with Gasteiger partial charge in [-0.15, -0.1) is 0 Å². The zero-order valence-corrected chi connectivity index (χ0v) is 11.3. The standard InChI is InChI=1S/C13H26N2O2/c1-4-15(8-11-6-5-7-11)9-12(13(16)17)14-10(2)3/h10-12,14H,4-9H2,1-3H3,(H,16,17). The Morgan fingerprint density at radius 3 is 2.47 bits per heavy atom. The first kappa shape index (κ1) is 14.5. The molecule has 0 radical (unpaired) electrons. The first-order valence-electron chi connectivity index (χ1n) is 6.74. The van der Waals surface area contributed by atoms with Gasteiger partial charge in [-0.1, -0.05) is 27.2 Å². The van der Waals surface area contributed by atoms with Crippen molar-refractivity contribution in [2.24, 2.45) is 5.92 Å². The fourth-order valence-corrected chi connectivity index (χ4v) is 2.24. The lowest BCUT2D eigenvalue weighted by atomic mass is 9.85. The van der Waals surface area contributed by atoms with Crippen molar-refractivity contribution in [3.63, 3.8) is 0 Å². The molecule has 1 saturated carbocycles. The Bertz CT molecular complexity index is 240. The van der Waals surface area contributed by atoms with Gasteiger partial charge in [-0.2, -0.15) is 0 Å². The number of nitrogens with one attached hydrogen (secondary N) is 1. The van der Waals surface area contributed by atoms with E-state index in [1.807, 2.05) is 13.8 Å². The minimum Gasteiger partial charge on any atom is -0.480 e. The van der Waals surface area contributed by atoms with E-state index in [-0.39, 0.29) is 6.04 Å². The Morgan fingerprint density at radius 1 is 1.47 bits per heavy atom. The molecular formula is C13H26N2O2. The number of likely N-dealkylation sites (N-methyl/N-ethyl adjacent to an activating group) is 1. The van der Waals surface area contributed by atoms with Crippen LogP contribution in [0.4, 0.5) is 0 Å². The summed E-state index contributed by atoms with van der Waals surface area (Å²) in [6, 6.07) is -0.242. The third-order valence-corrected chi connectivity index (χ3v) is 3.46. The van der Waals surface area contributed by atoms with Crippen molar-refractivity contribution in [3.8, 4) is 0 Å². The number of carboxylic acids is 1. The van der Waals surface area contributed by atoms with Gasteiger partial charge in [0, 0.05) is 19.1 Å². The normalized spacial score (nSPS) is 18.4. The average molecular weight is 242 g/mol. The molecule has 4 heteroatoms. The fourth-order valence-electron chi connectivity index (χ4n) is 2.24. The summed E-state index contributed by atoms with van der Waals surface area (Å²) >= 11 is 0. The summed E-state index contributed by atoms with van der Waals surface area (Å²) in [7, 11) is 0. The molecule has 0 amide bonds. The van der Waals surface area contributed by atoms with Crippen LogP contribution in [0.1, 0.15) is 40.0 Å². The summed E-state index contributed by atoms with van der Waals surface area (Å²) < 4.78 is 0. The lowest BCUT2D eigenvalue weighted by Crippen LogP contribution is -2.49. The maximum absolute atomic E-state index is 11.2. The number of hydrogen-bond donors (Lipinski definition) is 2. The van der Waals surface area contributed by atoms with Crippen molar-refractivity contribution in [2.75, 3.05) is 19.6 Å². The quantitative estimate of drug-likeness (QED) is 0.678. The third kappa shape index (κ3) is 5.04. The number of carboxylic acid groups (broad SMARTS) is 1. The first-order chi connectivity index (χ1) is 8.02. The number of nitrogens with zero attached hydrogens (tertiary/aromatic N) is 1. The summed E-state index contributed by atoms with van der Waals surface area (Å²) in [5.74, 6) is 0.0502. The van der Waals surface area contributed by atoms with E-state index in [1.165, 1.54) is 19.3 Å². The SMILES string of the molecule is CCN(CC1CCC1)CC(NC(C)C)C(=O)O. The highest BCUT2D eigenvalue weighted by atomic mass is 16.4. The van der Waals surface area contributed by atoms with E-state index in [2.05, 4.69) is 17.1 Å². The summed E-state index contributed by atoms with van der Waals surface area (Å²) in [4.78, 5) is 13.4. The molecule has 1 rings (SSSR count). The molecular weight excluding hydrogens is 216 g/mol. The van der Waals surface area contributed by atoms with Gasteiger partial charge in [-0.3, -0.25) is 4.79 Å². The van der Waals surface area contributed by atoms with Gasteiger partial charge < -0.3 is 15.3 Å². The molecule has 1 aliphatic rings. The van der Waals surface area contributed by atoms with Crippen LogP contribution in [0.25, 0.3) is 0 Å². The second-order valence-electron chi connectivity index (χ2n) is 5.36. The molecule has 17 heavy (non-hydrogen) atoms. The molecule has 0 spiro atoms. The molecule has 0 aromatic rings. The second-order valence-corrected chi connectivity index (χ2v) is 5.36. The summed E-state index contributed by atoms with van der Waals surface area (Å²) in [5.41, 5.74) is 0. The van der Waals surface area contributed by atoms with Crippen LogP contribution in [-0.2, 0) is 4.79 Å². The van der Waals surface area contributed by atoms with Crippen LogP contribution >= 0.6 is 0 Å². The van der Waals surface area contributed by atoms with E-state index < -0.39 is 12.0 Å². The third-order valence-electron chi connectivity index (χ3n) is 3.46. The second kappa shape index (κ2) is 6.97. The Labute approximate surface area is 104 Å². The highest BCUT2D eigenvalue weighted by Gasteiger charge is 2.24. The summed E-state index contributed by atoms with van der Waals surface area (Å²) in [6.45, 7) is 8.67. The van der Waals surface area contributed by atoms with Crippen LogP contribution in [0.5, 0.6) is 0 Å². The van der Waals surface area contributed by atoms with Crippen LogP contribution in [-0.4, -0.2) is 47.7 Å². The van der Waals surface area contributed by atoms with Crippen molar-refractivity contribution >= 4 is 5.97 Å². The highest BCUT2D eigenvalue weighted by molar-refractivity contribution is 5.73. The van der Waals surface area contributed by atoms with Crippen LogP contribution in [0.3, 0.4) is 0 Å². The maximum atomic E-state index is 11.2. The Balaban J connectivity index is 2.40. The maximum Gasteiger partial charge on any atom is 0.322 e. The number of rotatable bonds is 8. The van der Waals surface area contributed by atoms with Gasteiger partial charge in [0.25, 0.3) is 0 Å². The van der Waals surface area contributed by atoms with E-state index in [0.717, 1.165) is 19.0 Å². The molecule has 0 bridgehead atoms. The van der Waals surface area contributed by atoms with E-state index in [1.54, 1.807) is 0 Å². The topological polar surface area (TPSA) is 52.6 Å². The fraction of sp³-hybridized carbons (Fsp3) is 0.923. The molecule has 0 saturated heterocycles. The van der Waals surface area contributed by atoms with Gasteiger partial charge in [0.05, 0.1) is 0 Å². The molecule has 2 N–H and O–H groups in total. The van der Waals surface area contributed by atoms with Crippen molar-refractivity contribution in [3.05, 3.63) is 0 Å². The van der Waals surface area contributed by atoms with Gasteiger partial charge in [0.1, 0.15) is 6.04 Å². The van der Waals surface area contributed by atoms with E-state index >= 15 is 0 Å². The monoisotopic (exact) mass is 242 g/mol. The van der Waals surface area contributed by atoms with Crippen molar-refractivity contribution in [1.82, 2.24) is 10.2 Å². The molecule has 1 aliphatic carbocycles. The smallest absolute Gasteiger partial charge is 0.322 e. The Kier molecular flexibility index (Phi) is 5.92. The predicted molar refractivity (Wildman–Crippen MR) is 69.2 cm³/mol. The number of hydrogen-bond acceptors (Lipinski definition) is 3. The lowest BCUT2D eigenvalue weighted by Gasteiger charge is -2.33. The van der Waals surface area contributed by atoms with E-state index in [9.17, 15) is 9.90 Å². The van der Waals surface area contributed by atoms with Crippen LogP contribution < -0.4 is 5.32 Å². The highest BCUT2D eigenvalue weighted by Crippen LogP contribution is 2.27. The minimum absolute atomic E-state index is 0.207. The predicted octanol–water partition coefficient (Wildman–Crippen LogP) is 1.56. The molecule has 0 aliphatic heterocycles. The molecule has 100 valence electrons. The van der Waals surface area contributed by atoms with Crippen molar-refractivity contribution in [2.45, 2.75) is 52.1 Å². The van der Waals surface area contributed by atoms with E-state index in [0.29, 0.717) is 6.54 Å². The van der Waals surface area contributed by atoms with Crippen LogP contribution in [0.15, 0.2) is 0 Å². The molecule has 0 aromatic heterocycles. The number of carbonyl (C=O) groups is 1. The first-order valence-corrected chi connectivity index (χ1v) is 6.74. The lowest BCUT2D eigenvalue weighted by molar-refractivity contribution is -0.140. The molecule has 0 heterocycles. The molecule has 1 atom stereocenters. The van der Waals surface area contributed by atoms with Gasteiger partial charge in [0.15, 0.2) is 0 Å².